The SMILES string of the molecule is C=C(CCc1ccccc1)N(CC)C1CCN(C[C@H]2CN(C(CC(C)C)C(=O)O)C[C@@H]2c2ccccc2)CC1. The van der Waals surface area contributed by atoms with Crippen molar-refractivity contribution in [2.24, 2.45) is 11.8 Å². The number of aliphatic carboxylic acids is 1. The standard InChI is InChI=1S/C34H49N3O2/c1-5-37(27(4)16-17-28-12-8-6-9-13-28)31-18-20-35(21-19-31)23-30-24-36(33(34(38)39)22-26(2)3)25-32(30)29-14-10-7-11-15-29/h6-15,26,30-33H,4-5,16-25H2,1-3H3,(H,38,39)/t30-,32+,33?/m0/s1. The molecule has 2 saturated heterocycles. The highest BCUT2D eigenvalue weighted by Crippen LogP contribution is 2.36. The van der Waals surface area contributed by atoms with Gasteiger partial charge >= 0.3 is 5.97 Å². The van der Waals surface area contributed by atoms with Crippen LogP contribution in [-0.4, -0.2) is 77.1 Å². The van der Waals surface area contributed by atoms with Crippen LogP contribution in [0.1, 0.15) is 63.5 Å². The van der Waals surface area contributed by atoms with Gasteiger partial charge in [-0.2, -0.15) is 0 Å². The van der Waals surface area contributed by atoms with Gasteiger partial charge in [0.05, 0.1) is 0 Å². The normalized spacial score (nSPS) is 21.7. The minimum Gasteiger partial charge on any atom is -0.480 e. The van der Waals surface area contributed by atoms with Crippen molar-refractivity contribution in [1.82, 2.24) is 14.7 Å². The van der Waals surface area contributed by atoms with Crippen LogP contribution in [0.15, 0.2) is 72.9 Å². The quantitative estimate of drug-likeness (QED) is 0.337. The smallest absolute Gasteiger partial charge is 0.320 e. The van der Waals surface area contributed by atoms with Crippen molar-refractivity contribution in [3.8, 4) is 0 Å². The van der Waals surface area contributed by atoms with E-state index in [1.807, 2.05) is 0 Å². The van der Waals surface area contributed by atoms with Crippen molar-refractivity contribution in [1.29, 1.82) is 0 Å². The van der Waals surface area contributed by atoms with Gasteiger partial charge in [-0.25, -0.2) is 0 Å². The van der Waals surface area contributed by atoms with Gasteiger partial charge in [-0.1, -0.05) is 81.1 Å². The molecule has 0 aliphatic carbocycles. The van der Waals surface area contributed by atoms with Crippen molar-refractivity contribution < 1.29 is 9.90 Å². The van der Waals surface area contributed by atoms with Gasteiger partial charge in [-0.3, -0.25) is 9.69 Å². The molecule has 0 aromatic heterocycles. The summed E-state index contributed by atoms with van der Waals surface area (Å²) in [7, 11) is 0. The topological polar surface area (TPSA) is 47.0 Å². The van der Waals surface area contributed by atoms with Crippen LogP contribution >= 0.6 is 0 Å². The molecule has 4 rings (SSSR count). The van der Waals surface area contributed by atoms with Crippen LogP contribution < -0.4 is 0 Å². The number of rotatable bonds is 13. The Balaban J connectivity index is 1.35. The lowest BCUT2D eigenvalue weighted by Gasteiger charge is -2.41. The summed E-state index contributed by atoms with van der Waals surface area (Å²) in [6.45, 7) is 16.9. The Morgan fingerprint density at radius 3 is 2.26 bits per heavy atom. The molecule has 212 valence electrons. The maximum atomic E-state index is 12.2. The first-order valence-electron chi connectivity index (χ1n) is 15.1. The molecule has 0 spiro atoms. The van der Waals surface area contributed by atoms with Crippen LogP contribution in [-0.2, 0) is 11.2 Å². The van der Waals surface area contributed by atoms with Gasteiger partial charge in [0.1, 0.15) is 6.04 Å². The Morgan fingerprint density at radius 2 is 1.67 bits per heavy atom. The first-order valence-corrected chi connectivity index (χ1v) is 15.1. The highest BCUT2D eigenvalue weighted by Gasteiger charge is 2.40. The van der Waals surface area contributed by atoms with E-state index in [4.69, 9.17) is 0 Å². The van der Waals surface area contributed by atoms with E-state index in [9.17, 15) is 9.90 Å². The number of likely N-dealkylation sites (tertiary alicyclic amines) is 2. The Morgan fingerprint density at radius 1 is 1.03 bits per heavy atom. The van der Waals surface area contributed by atoms with Crippen LogP contribution in [0, 0.1) is 11.8 Å². The minimum absolute atomic E-state index is 0.364. The fourth-order valence-electron chi connectivity index (χ4n) is 6.84. The summed E-state index contributed by atoms with van der Waals surface area (Å²) in [6, 6.07) is 21.6. The Kier molecular flexibility index (Phi) is 10.6. The molecule has 1 N–H and O–H groups in total. The molecule has 0 bridgehead atoms. The monoisotopic (exact) mass is 531 g/mol. The molecular formula is C34H49N3O2. The predicted octanol–water partition coefficient (Wildman–Crippen LogP) is 6.13. The van der Waals surface area contributed by atoms with Gasteiger partial charge in [0.25, 0.3) is 0 Å². The molecule has 5 heteroatoms. The van der Waals surface area contributed by atoms with E-state index in [1.165, 1.54) is 16.8 Å². The van der Waals surface area contributed by atoms with Crippen LogP contribution in [0.3, 0.4) is 0 Å². The van der Waals surface area contributed by atoms with E-state index >= 15 is 0 Å². The number of carboxylic acid groups (broad SMARTS) is 1. The number of nitrogens with zero attached hydrogens (tertiary/aromatic N) is 3. The lowest BCUT2D eigenvalue weighted by Crippen LogP contribution is -2.46. The number of benzene rings is 2. The second-order valence-electron chi connectivity index (χ2n) is 12.1. The molecule has 5 nitrogen and oxygen atoms in total. The zero-order chi connectivity index (χ0) is 27.8. The van der Waals surface area contributed by atoms with E-state index in [0.29, 0.717) is 30.2 Å². The van der Waals surface area contributed by atoms with Crippen molar-refractivity contribution in [2.45, 2.75) is 70.9 Å². The molecule has 39 heavy (non-hydrogen) atoms. The highest BCUT2D eigenvalue weighted by molar-refractivity contribution is 5.73. The molecule has 0 saturated carbocycles. The Labute approximate surface area is 236 Å². The van der Waals surface area contributed by atoms with E-state index in [2.05, 4.69) is 103 Å². The van der Waals surface area contributed by atoms with Gasteiger partial charge < -0.3 is 14.9 Å². The summed E-state index contributed by atoms with van der Waals surface area (Å²) in [5, 5.41) is 10.0. The summed E-state index contributed by atoms with van der Waals surface area (Å²) in [5.74, 6) is 0.511. The van der Waals surface area contributed by atoms with Gasteiger partial charge in [-0.15, -0.1) is 0 Å². The lowest BCUT2D eigenvalue weighted by atomic mass is 9.88. The third-order valence-electron chi connectivity index (χ3n) is 8.90. The second-order valence-corrected chi connectivity index (χ2v) is 12.1. The number of piperidine rings is 1. The average Bonchev–Trinajstić information content (AvgIpc) is 3.36. The van der Waals surface area contributed by atoms with Crippen LogP contribution in [0.4, 0.5) is 0 Å². The fourth-order valence-corrected chi connectivity index (χ4v) is 6.84. The molecule has 2 aliphatic heterocycles. The maximum absolute atomic E-state index is 12.2. The lowest BCUT2D eigenvalue weighted by molar-refractivity contribution is -0.143. The molecular weight excluding hydrogens is 482 g/mol. The Hall–Kier alpha value is -2.63. The van der Waals surface area contributed by atoms with Crippen molar-refractivity contribution >= 4 is 5.97 Å². The number of hydrogen-bond acceptors (Lipinski definition) is 4. The van der Waals surface area contributed by atoms with E-state index in [-0.39, 0.29) is 0 Å². The third kappa shape index (κ3) is 7.95. The summed E-state index contributed by atoms with van der Waals surface area (Å²) in [6.07, 6.45) is 5.08. The largest absolute Gasteiger partial charge is 0.480 e. The summed E-state index contributed by atoms with van der Waals surface area (Å²) >= 11 is 0. The second kappa shape index (κ2) is 14.1. The van der Waals surface area contributed by atoms with Gasteiger partial charge in [0, 0.05) is 56.9 Å². The summed E-state index contributed by atoms with van der Waals surface area (Å²) in [4.78, 5) is 19.7. The molecule has 2 aromatic carbocycles. The molecule has 2 heterocycles. The van der Waals surface area contributed by atoms with Gasteiger partial charge in [0.2, 0.25) is 0 Å². The first-order chi connectivity index (χ1) is 18.9. The average molecular weight is 532 g/mol. The zero-order valence-corrected chi connectivity index (χ0v) is 24.3. The van der Waals surface area contributed by atoms with E-state index < -0.39 is 12.0 Å². The Bertz CT molecular complexity index is 1030. The number of carbonyl (C=O) groups is 1. The van der Waals surface area contributed by atoms with Gasteiger partial charge in [-0.05, 0) is 62.0 Å². The number of hydrogen-bond donors (Lipinski definition) is 1. The summed E-state index contributed by atoms with van der Waals surface area (Å²) in [5.41, 5.74) is 3.99. The van der Waals surface area contributed by atoms with E-state index in [1.54, 1.807) is 0 Å². The number of aryl methyl sites for hydroxylation is 1. The molecule has 2 aliphatic rings. The van der Waals surface area contributed by atoms with Gasteiger partial charge in [0.15, 0.2) is 0 Å². The highest BCUT2D eigenvalue weighted by atomic mass is 16.4. The molecule has 1 unspecified atom stereocenters. The first kappa shape index (κ1) is 29.4. The fraction of sp³-hybridized carbons (Fsp3) is 0.559. The third-order valence-corrected chi connectivity index (χ3v) is 8.90. The molecule has 3 atom stereocenters. The summed E-state index contributed by atoms with van der Waals surface area (Å²) < 4.78 is 0. The molecule has 2 fully saturated rings. The minimum atomic E-state index is -0.677. The van der Waals surface area contributed by atoms with E-state index in [0.717, 1.165) is 65.0 Å². The van der Waals surface area contributed by atoms with Crippen molar-refractivity contribution in [2.75, 3.05) is 39.3 Å². The molecule has 0 amide bonds. The maximum Gasteiger partial charge on any atom is 0.320 e. The van der Waals surface area contributed by atoms with Crippen LogP contribution in [0.2, 0.25) is 0 Å². The van der Waals surface area contributed by atoms with Crippen molar-refractivity contribution in [3.63, 3.8) is 0 Å². The van der Waals surface area contributed by atoms with Crippen molar-refractivity contribution in [3.05, 3.63) is 84.1 Å². The zero-order valence-electron chi connectivity index (χ0n) is 24.3. The predicted molar refractivity (Wildman–Crippen MR) is 161 cm³/mol. The van der Waals surface area contributed by atoms with Crippen LogP contribution in [0.25, 0.3) is 0 Å². The number of carboxylic acids is 1. The number of allylic oxidation sites excluding steroid dienone is 1. The molecule has 0 radical (unpaired) electrons. The van der Waals surface area contributed by atoms with Crippen LogP contribution in [0.5, 0.6) is 0 Å². The molecule has 2 aromatic rings.